The van der Waals surface area contributed by atoms with Crippen molar-refractivity contribution in [3.05, 3.63) is 64.1 Å². The number of halogens is 1. The molecule has 1 unspecified atom stereocenters. The molecule has 1 saturated heterocycles. The van der Waals surface area contributed by atoms with Crippen molar-refractivity contribution in [2.45, 2.75) is 32.2 Å². The Kier molecular flexibility index (Phi) is 8.57. The molecule has 2 aromatic rings. The van der Waals surface area contributed by atoms with Crippen molar-refractivity contribution in [2.24, 2.45) is 5.92 Å². The number of hydrogen-bond acceptors (Lipinski definition) is 5. The van der Waals surface area contributed by atoms with Crippen LogP contribution in [0.15, 0.2) is 53.0 Å². The molecule has 7 nitrogen and oxygen atoms in total. The van der Waals surface area contributed by atoms with Crippen LogP contribution in [0.5, 0.6) is 5.75 Å². The molecular weight excluding hydrogens is 510 g/mol. The van der Waals surface area contributed by atoms with E-state index in [1.807, 2.05) is 29.2 Å². The first-order valence-corrected chi connectivity index (χ1v) is 13.0. The topological polar surface area (TPSA) is 79.0 Å². The summed E-state index contributed by atoms with van der Waals surface area (Å²) in [6.07, 6.45) is 2.92. The second-order valence-corrected chi connectivity index (χ2v) is 10.1. The molecule has 2 aromatic carbocycles. The van der Waals surface area contributed by atoms with Crippen molar-refractivity contribution in [1.82, 2.24) is 15.1 Å². The number of ketones is 1. The lowest BCUT2D eigenvalue weighted by molar-refractivity contribution is -0.134. The number of amides is 2. The lowest BCUT2D eigenvalue weighted by atomic mass is 10.1. The largest absolute Gasteiger partial charge is 0.494 e. The zero-order valence-electron chi connectivity index (χ0n) is 20.0. The van der Waals surface area contributed by atoms with Crippen LogP contribution in [0.2, 0.25) is 0 Å². The number of benzene rings is 2. The first-order chi connectivity index (χ1) is 16.9. The smallest absolute Gasteiger partial charge is 0.251 e. The zero-order chi connectivity index (χ0) is 24.8. The van der Waals surface area contributed by atoms with Gasteiger partial charge in [-0.3, -0.25) is 19.3 Å². The summed E-state index contributed by atoms with van der Waals surface area (Å²) in [7, 11) is 0. The maximum Gasteiger partial charge on any atom is 0.251 e. The quantitative estimate of drug-likeness (QED) is 0.366. The Bertz CT molecular complexity index is 1030. The minimum absolute atomic E-state index is 0.0536. The van der Waals surface area contributed by atoms with Crippen LogP contribution in [0, 0.1) is 5.92 Å². The summed E-state index contributed by atoms with van der Waals surface area (Å²) in [6.45, 7) is 6.14. The zero-order valence-corrected chi connectivity index (χ0v) is 21.6. The van der Waals surface area contributed by atoms with Crippen LogP contribution >= 0.6 is 15.9 Å². The van der Waals surface area contributed by atoms with Crippen LogP contribution in [-0.4, -0.2) is 72.8 Å². The van der Waals surface area contributed by atoms with Gasteiger partial charge in [-0.25, -0.2) is 0 Å². The van der Waals surface area contributed by atoms with Crippen LogP contribution < -0.4 is 10.1 Å². The molecule has 2 aliphatic rings. The van der Waals surface area contributed by atoms with Gasteiger partial charge in [0.05, 0.1) is 6.61 Å². The second-order valence-electron chi connectivity index (χ2n) is 9.23. The molecule has 0 radical (unpaired) electrons. The molecule has 4 rings (SSSR count). The van der Waals surface area contributed by atoms with Crippen molar-refractivity contribution in [2.75, 3.05) is 39.3 Å². The molecule has 8 heteroatoms. The number of piperazine rings is 1. The highest BCUT2D eigenvalue weighted by Crippen LogP contribution is 2.32. The summed E-state index contributed by atoms with van der Waals surface area (Å²) in [4.78, 5) is 41.4. The molecule has 186 valence electrons. The molecule has 1 atom stereocenters. The van der Waals surface area contributed by atoms with E-state index in [-0.39, 0.29) is 23.5 Å². The summed E-state index contributed by atoms with van der Waals surface area (Å²) in [5.74, 6) is 0.960. The first-order valence-electron chi connectivity index (χ1n) is 12.3. The number of rotatable bonds is 10. The predicted molar refractivity (Wildman–Crippen MR) is 138 cm³/mol. The number of nitrogens with zero attached hydrogens (tertiary/aromatic N) is 2. The number of carbonyl (C=O) groups is 3. The molecule has 2 fully saturated rings. The predicted octanol–water partition coefficient (Wildman–Crippen LogP) is 3.77. The van der Waals surface area contributed by atoms with E-state index < -0.39 is 6.04 Å². The van der Waals surface area contributed by atoms with Crippen molar-refractivity contribution < 1.29 is 19.1 Å². The lowest BCUT2D eigenvalue weighted by Gasteiger charge is -2.36. The number of ether oxygens (including phenoxy) is 1. The molecule has 0 bridgehead atoms. The Morgan fingerprint density at radius 1 is 0.971 bits per heavy atom. The highest BCUT2D eigenvalue weighted by molar-refractivity contribution is 9.10. The van der Waals surface area contributed by atoms with Gasteiger partial charge in [0.2, 0.25) is 5.91 Å². The van der Waals surface area contributed by atoms with Crippen molar-refractivity contribution >= 4 is 33.5 Å². The number of Topliss-reactive ketones (excluding diaryl/α,β-unsaturated/α-hetero) is 1. The molecule has 1 heterocycles. The van der Waals surface area contributed by atoms with Gasteiger partial charge in [-0.15, -0.1) is 0 Å². The van der Waals surface area contributed by atoms with E-state index in [9.17, 15) is 14.4 Å². The molecule has 1 aliphatic heterocycles. The molecule has 2 amide bonds. The van der Waals surface area contributed by atoms with Crippen LogP contribution in [0.3, 0.4) is 0 Å². The van der Waals surface area contributed by atoms with Crippen molar-refractivity contribution in [3.8, 4) is 5.75 Å². The normalized spacial score (nSPS) is 17.0. The number of hydrogen-bond donors (Lipinski definition) is 1. The van der Waals surface area contributed by atoms with E-state index in [2.05, 4.69) is 26.1 Å². The van der Waals surface area contributed by atoms with Crippen LogP contribution in [-0.2, 0) is 4.79 Å². The number of carbonyl (C=O) groups excluding carboxylic acids is 3. The van der Waals surface area contributed by atoms with Gasteiger partial charge in [0.15, 0.2) is 5.78 Å². The van der Waals surface area contributed by atoms with Gasteiger partial charge in [-0.2, -0.15) is 0 Å². The van der Waals surface area contributed by atoms with Gasteiger partial charge in [-0.1, -0.05) is 15.9 Å². The molecule has 35 heavy (non-hydrogen) atoms. The van der Waals surface area contributed by atoms with Gasteiger partial charge in [0, 0.05) is 54.2 Å². The van der Waals surface area contributed by atoms with Crippen LogP contribution in [0.1, 0.15) is 46.9 Å². The molecular formula is C27H32BrN3O4. The lowest BCUT2D eigenvalue weighted by Crippen LogP contribution is -2.54. The van der Waals surface area contributed by atoms with E-state index in [1.165, 1.54) is 0 Å². The Balaban J connectivity index is 1.12. The van der Waals surface area contributed by atoms with Crippen molar-refractivity contribution in [3.63, 3.8) is 0 Å². The molecule has 1 N–H and O–H groups in total. The van der Waals surface area contributed by atoms with Crippen molar-refractivity contribution in [1.29, 1.82) is 0 Å². The third-order valence-electron chi connectivity index (χ3n) is 6.48. The van der Waals surface area contributed by atoms with E-state index in [4.69, 9.17) is 4.74 Å². The van der Waals surface area contributed by atoms with E-state index in [0.717, 1.165) is 54.7 Å². The third kappa shape index (κ3) is 7.15. The van der Waals surface area contributed by atoms with Gasteiger partial charge in [0.25, 0.3) is 5.91 Å². The van der Waals surface area contributed by atoms with Crippen LogP contribution in [0.4, 0.5) is 0 Å². The first kappa shape index (κ1) is 25.4. The second kappa shape index (κ2) is 11.8. The minimum Gasteiger partial charge on any atom is -0.494 e. The Labute approximate surface area is 214 Å². The van der Waals surface area contributed by atoms with Gasteiger partial charge >= 0.3 is 0 Å². The van der Waals surface area contributed by atoms with E-state index in [0.29, 0.717) is 25.3 Å². The van der Waals surface area contributed by atoms with Gasteiger partial charge in [-0.05, 0) is 74.7 Å². The van der Waals surface area contributed by atoms with E-state index in [1.54, 1.807) is 31.2 Å². The van der Waals surface area contributed by atoms with Gasteiger partial charge < -0.3 is 15.0 Å². The third-order valence-corrected chi connectivity index (χ3v) is 7.01. The van der Waals surface area contributed by atoms with Crippen LogP contribution in [0.25, 0.3) is 0 Å². The fourth-order valence-electron chi connectivity index (χ4n) is 4.18. The monoisotopic (exact) mass is 541 g/mol. The maximum atomic E-state index is 12.8. The Morgan fingerprint density at radius 2 is 1.60 bits per heavy atom. The average molecular weight is 542 g/mol. The fraction of sp³-hybridized carbons (Fsp3) is 0.444. The summed E-state index contributed by atoms with van der Waals surface area (Å²) in [5.41, 5.74) is 1.30. The SMILES string of the molecule is CC(NC(=O)c1ccc(Br)cc1)C(=O)N1CCN(CCCOc2ccc(C(=O)C3CC3)cc2)CC1. The Morgan fingerprint density at radius 3 is 2.23 bits per heavy atom. The highest BCUT2D eigenvalue weighted by Gasteiger charge is 2.30. The summed E-state index contributed by atoms with van der Waals surface area (Å²) >= 11 is 3.35. The minimum atomic E-state index is -0.572. The summed E-state index contributed by atoms with van der Waals surface area (Å²) in [5, 5.41) is 2.81. The summed E-state index contributed by atoms with van der Waals surface area (Å²) in [6, 6.07) is 13.9. The summed E-state index contributed by atoms with van der Waals surface area (Å²) < 4.78 is 6.73. The molecule has 0 spiro atoms. The van der Waals surface area contributed by atoms with Gasteiger partial charge in [0.1, 0.15) is 11.8 Å². The Hall–Kier alpha value is -2.71. The van der Waals surface area contributed by atoms with E-state index >= 15 is 0 Å². The number of nitrogens with one attached hydrogen (secondary N) is 1. The maximum absolute atomic E-state index is 12.8. The fourth-order valence-corrected chi connectivity index (χ4v) is 4.45. The standard InChI is InChI=1S/C27H32BrN3O4/c1-19(29-26(33)22-5-9-23(28)10-6-22)27(34)31-16-14-30(15-17-31)13-2-18-35-24-11-7-21(8-12-24)25(32)20-3-4-20/h5-12,19-20H,2-4,13-18H2,1H3,(H,29,33). The molecule has 1 aliphatic carbocycles. The average Bonchev–Trinajstić information content (AvgIpc) is 3.72. The highest BCUT2D eigenvalue weighted by atomic mass is 79.9. The molecule has 1 saturated carbocycles. The molecule has 0 aromatic heterocycles.